The van der Waals surface area contributed by atoms with Crippen molar-refractivity contribution in [2.24, 2.45) is 0 Å². The van der Waals surface area contributed by atoms with E-state index in [0.29, 0.717) is 17.8 Å². The number of benzene rings is 1. The van der Waals surface area contributed by atoms with Gasteiger partial charge >= 0.3 is 47.5 Å². The summed E-state index contributed by atoms with van der Waals surface area (Å²) in [5.74, 6) is -3.18. The molecule has 0 fully saturated rings. The molecule has 4 N–H and O–H groups in total. The number of carbonyl (C=O) groups is 3. The van der Waals surface area contributed by atoms with Crippen LogP contribution in [-0.4, -0.2) is 69.8 Å². The molecule has 0 spiro atoms. The van der Waals surface area contributed by atoms with Crippen LogP contribution in [0.5, 0.6) is 5.88 Å². The summed E-state index contributed by atoms with van der Waals surface area (Å²) in [5, 5.41) is 26.1. The number of aromatic nitrogens is 7. The summed E-state index contributed by atoms with van der Waals surface area (Å²) in [6, 6.07) is 7.77. The molecule has 0 bridgehead atoms. The summed E-state index contributed by atoms with van der Waals surface area (Å²) in [6.07, 6.45) is 6.04. The molecule has 3 aromatic heterocycles. The van der Waals surface area contributed by atoms with E-state index in [1.165, 1.54) is 6.20 Å². The number of H-pyrrole nitrogens is 2. The number of nitrogens with one attached hydrogen (secondary N) is 2. The SMILES string of the molecule is CC(C)(C)c1[nH]cnc1/C=c1\[nH]c(=O)/c(=C/c2ccccc2)nc1OCOC(=O)CCCc1cn(C(CC(=O)O)C(=O)O)nn1.[Na+]. The van der Waals surface area contributed by atoms with E-state index in [4.69, 9.17) is 14.6 Å². The maximum Gasteiger partial charge on any atom is 1.00 e. The second kappa shape index (κ2) is 16.1. The van der Waals surface area contributed by atoms with Crippen LogP contribution >= 0.6 is 0 Å². The van der Waals surface area contributed by atoms with Gasteiger partial charge in [-0.05, 0) is 30.6 Å². The van der Waals surface area contributed by atoms with Gasteiger partial charge in [0.15, 0.2) is 6.04 Å². The van der Waals surface area contributed by atoms with Gasteiger partial charge in [-0.2, -0.15) is 0 Å². The van der Waals surface area contributed by atoms with Crippen LogP contribution in [0.3, 0.4) is 0 Å². The number of hydrogen-bond donors (Lipinski definition) is 4. The Kier molecular flexibility index (Phi) is 12.6. The number of aliphatic carboxylic acids is 2. The molecule has 46 heavy (non-hydrogen) atoms. The van der Waals surface area contributed by atoms with Gasteiger partial charge in [0, 0.05) is 23.7 Å². The fraction of sp³-hybridized carbons (Fsp3) is 0.333. The molecule has 1 unspecified atom stereocenters. The Hall–Kier alpha value is -4.60. The van der Waals surface area contributed by atoms with Gasteiger partial charge in [-0.3, -0.25) is 14.4 Å². The minimum atomic E-state index is -1.39. The minimum absolute atomic E-state index is 0. The summed E-state index contributed by atoms with van der Waals surface area (Å²) >= 11 is 0. The van der Waals surface area contributed by atoms with E-state index in [1.54, 1.807) is 18.5 Å². The number of imidazole rings is 1. The summed E-state index contributed by atoms with van der Waals surface area (Å²) < 4.78 is 11.9. The van der Waals surface area contributed by atoms with Crippen LogP contribution in [0.2, 0.25) is 0 Å². The van der Waals surface area contributed by atoms with Crippen LogP contribution in [0, 0.1) is 0 Å². The van der Waals surface area contributed by atoms with Crippen molar-refractivity contribution in [3.8, 4) is 5.88 Å². The zero-order valence-corrected chi connectivity index (χ0v) is 27.9. The fourth-order valence-electron chi connectivity index (χ4n) is 4.30. The number of carboxylic acid groups (broad SMARTS) is 2. The molecule has 15 nitrogen and oxygen atoms in total. The third kappa shape index (κ3) is 9.95. The molecule has 4 aromatic rings. The van der Waals surface area contributed by atoms with E-state index in [-0.39, 0.29) is 64.4 Å². The number of aryl methyl sites for hydroxylation is 1. The van der Waals surface area contributed by atoms with E-state index >= 15 is 0 Å². The Balaban J connectivity index is 0.00000576. The van der Waals surface area contributed by atoms with Gasteiger partial charge in [0.1, 0.15) is 10.7 Å². The number of carboxylic acids is 2. The zero-order valence-electron chi connectivity index (χ0n) is 25.9. The first kappa shape index (κ1) is 35.9. The number of aromatic amines is 2. The Morgan fingerprint density at radius 1 is 1.11 bits per heavy atom. The molecule has 0 aliphatic rings. The van der Waals surface area contributed by atoms with Crippen molar-refractivity contribution >= 4 is 30.1 Å². The molecule has 4 rings (SSSR count). The average molecular weight is 643 g/mol. The van der Waals surface area contributed by atoms with Crippen LogP contribution in [-0.2, 0) is 31.0 Å². The van der Waals surface area contributed by atoms with Gasteiger partial charge in [-0.25, -0.2) is 19.4 Å². The smallest absolute Gasteiger partial charge is 0.481 e. The van der Waals surface area contributed by atoms with Crippen molar-refractivity contribution in [1.82, 2.24) is 34.9 Å². The van der Waals surface area contributed by atoms with Gasteiger partial charge in [-0.15, -0.1) is 5.10 Å². The molecular weight excluding hydrogens is 609 g/mol. The molecule has 0 saturated carbocycles. The third-order valence-corrected chi connectivity index (χ3v) is 6.50. The first-order chi connectivity index (χ1) is 21.4. The standard InChI is InChI=1S/C30H33N7O8.Na/c1-30(2,3)26-20(31-16-32-26)13-22-28(34-21(27(41)33-22)12-18-8-5-4-6-9-18)45-17-44-25(40)11-7-10-19-15-37(36-35-19)23(29(42)43)14-24(38)39;/h4-6,8-9,12-13,15-16,23H,7,10-11,14,17H2,1-3H3,(H,31,32)(H,33,41)(H,38,39)(H,42,43);/q;+1/b21-12-,22-13-;. The number of ether oxygens (including phenoxy) is 2. The summed E-state index contributed by atoms with van der Waals surface area (Å²) in [4.78, 5) is 62.4. The first-order valence-corrected chi connectivity index (χ1v) is 14.0. The van der Waals surface area contributed by atoms with Crippen molar-refractivity contribution in [3.05, 3.63) is 86.6 Å². The predicted molar refractivity (Wildman–Crippen MR) is 158 cm³/mol. The van der Waals surface area contributed by atoms with Crippen LogP contribution < -0.4 is 50.6 Å². The summed E-state index contributed by atoms with van der Waals surface area (Å²) in [7, 11) is 0. The predicted octanol–water partition coefficient (Wildman–Crippen LogP) is -1.95. The van der Waals surface area contributed by atoms with Crippen molar-refractivity contribution in [3.63, 3.8) is 0 Å². The molecule has 0 aliphatic heterocycles. The van der Waals surface area contributed by atoms with Crippen LogP contribution in [0.15, 0.2) is 47.7 Å². The number of nitrogens with zero attached hydrogens (tertiary/aromatic N) is 5. The van der Waals surface area contributed by atoms with Gasteiger partial charge in [0.2, 0.25) is 12.7 Å². The van der Waals surface area contributed by atoms with E-state index in [2.05, 4.69) is 30.2 Å². The Bertz CT molecular complexity index is 1840. The molecule has 0 amide bonds. The minimum Gasteiger partial charge on any atom is -0.481 e. The molecule has 0 aliphatic carbocycles. The number of rotatable bonds is 13. The fourth-order valence-corrected chi connectivity index (χ4v) is 4.30. The second-order valence-electron chi connectivity index (χ2n) is 11.1. The normalized spacial score (nSPS) is 12.8. The van der Waals surface area contributed by atoms with Gasteiger partial charge in [0.25, 0.3) is 5.56 Å². The molecule has 1 aromatic carbocycles. The molecule has 16 heteroatoms. The maximum absolute atomic E-state index is 12.9. The average Bonchev–Trinajstić information content (AvgIpc) is 3.64. The monoisotopic (exact) mass is 642 g/mol. The number of hydrogen-bond acceptors (Lipinski definition) is 10. The quantitative estimate of drug-likeness (QED) is 0.0711. The molecule has 0 saturated heterocycles. The van der Waals surface area contributed by atoms with E-state index in [9.17, 15) is 24.3 Å². The molecule has 236 valence electrons. The van der Waals surface area contributed by atoms with Gasteiger partial charge < -0.3 is 29.7 Å². The van der Waals surface area contributed by atoms with Crippen LogP contribution in [0.25, 0.3) is 12.2 Å². The first-order valence-electron chi connectivity index (χ1n) is 14.0. The van der Waals surface area contributed by atoms with E-state index < -0.39 is 42.7 Å². The Labute approximate surface area is 284 Å². The molecule has 3 heterocycles. The third-order valence-electron chi connectivity index (χ3n) is 6.50. The molecule has 1 atom stereocenters. The number of esters is 1. The Morgan fingerprint density at radius 2 is 1.85 bits per heavy atom. The van der Waals surface area contributed by atoms with Crippen molar-refractivity contribution < 1.29 is 63.6 Å². The van der Waals surface area contributed by atoms with Crippen molar-refractivity contribution in [2.45, 2.75) is 57.9 Å². The van der Waals surface area contributed by atoms with Gasteiger partial charge in [-0.1, -0.05) is 56.3 Å². The zero-order chi connectivity index (χ0) is 32.6. The summed E-state index contributed by atoms with van der Waals surface area (Å²) in [6.45, 7) is 5.56. The summed E-state index contributed by atoms with van der Waals surface area (Å²) in [5.41, 5.74) is 1.85. The molecular formula is C30H33N7NaO8+. The van der Waals surface area contributed by atoms with Crippen molar-refractivity contribution in [2.75, 3.05) is 6.79 Å². The van der Waals surface area contributed by atoms with E-state index in [0.717, 1.165) is 15.9 Å². The topological polar surface area (TPSA) is 215 Å². The second-order valence-corrected chi connectivity index (χ2v) is 11.1. The Morgan fingerprint density at radius 3 is 2.52 bits per heavy atom. The number of carbonyl (C=O) groups excluding carboxylic acids is 1. The largest absolute Gasteiger partial charge is 1.00 e. The van der Waals surface area contributed by atoms with Crippen LogP contribution in [0.1, 0.15) is 68.7 Å². The maximum atomic E-state index is 12.9. The van der Waals surface area contributed by atoms with Crippen LogP contribution in [0.4, 0.5) is 0 Å². The molecule has 0 radical (unpaired) electrons. The van der Waals surface area contributed by atoms with E-state index in [1.807, 2.05) is 51.1 Å². The van der Waals surface area contributed by atoms with Gasteiger partial charge in [0.05, 0.1) is 24.1 Å². The van der Waals surface area contributed by atoms with Crippen molar-refractivity contribution in [1.29, 1.82) is 0 Å².